The van der Waals surface area contributed by atoms with Crippen LogP contribution in [0.15, 0.2) is 18.2 Å². The first kappa shape index (κ1) is 34.5. The van der Waals surface area contributed by atoms with Gasteiger partial charge in [0.15, 0.2) is 0 Å². The molecule has 0 spiro atoms. The largest absolute Gasteiger partial charge is 0.478 e. The highest BCUT2D eigenvalue weighted by atomic mass is 16.4. The van der Waals surface area contributed by atoms with E-state index >= 15 is 0 Å². The molecular formula is C30H51N3O6. The predicted octanol–water partition coefficient (Wildman–Crippen LogP) is 5.35. The predicted molar refractivity (Wildman–Crippen MR) is 154 cm³/mol. The van der Waals surface area contributed by atoms with Gasteiger partial charge >= 0.3 is 17.9 Å². The van der Waals surface area contributed by atoms with Gasteiger partial charge in [0, 0.05) is 18.1 Å². The molecule has 0 heterocycles. The normalized spacial score (nSPS) is 28.2. The van der Waals surface area contributed by atoms with Crippen LogP contribution in [-0.4, -0.2) is 51.4 Å². The van der Waals surface area contributed by atoms with Gasteiger partial charge in [-0.1, -0.05) is 59.3 Å². The summed E-state index contributed by atoms with van der Waals surface area (Å²) in [5, 5.41) is 25.8. The maximum absolute atomic E-state index is 10.6. The molecule has 4 rings (SSSR count). The zero-order valence-electron chi connectivity index (χ0n) is 24.0. The molecule has 3 aliphatic rings. The lowest BCUT2D eigenvalue weighted by Crippen LogP contribution is -2.30. The highest BCUT2D eigenvalue weighted by Gasteiger charge is 2.18. The van der Waals surface area contributed by atoms with Crippen LogP contribution in [0, 0.1) is 17.8 Å². The van der Waals surface area contributed by atoms with Crippen LogP contribution < -0.4 is 17.2 Å². The van der Waals surface area contributed by atoms with Crippen LogP contribution in [0.5, 0.6) is 0 Å². The van der Waals surface area contributed by atoms with E-state index in [2.05, 4.69) is 20.8 Å². The molecule has 6 unspecified atom stereocenters. The molecule has 1 aromatic carbocycles. The van der Waals surface area contributed by atoms with E-state index in [9.17, 15) is 14.4 Å². The van der Waals surface area contributed by atoms with Gasteiger partial charge < -0.3 is 32.5 Å². The number of benzene rings is 1. The van der Waals surface area contributed by atoms with Gasteiger partial charge in [0.1, 0.15) is 0 Å². The molecule has 222 valence electrons. The van der Waals surface area contributed by atoms with Crippen LogP contribution in [0.4, 0.5) is 0 Å². The summed E-state index contributed by atoms with van der Waals surface area (Å²) in [6.45, 7) is 6.76. The van der Waals surface area contributed by atoms with Gasteiger partial charge in [-0.15, -0.1) is 0 Å². The van der Waals surface area contributed by atoms with Gasteiger partial charge in [0.2, 0.25) is 0 Å². The average Bonchev–Trinajstić information content (AvgIpc) is 2.90. The van der Waals surface area contributed by atoms with Crippen molar-refractivity contribution in [3.63, 3.8) is 0 Å². The molecule has 0 aliphatic heterocycles. The molecule has 0 radical (unpaired) electrons. The summed E-state index contributed by atoms with van der Waals surface area (Å²) in [6.07, 6.45) is 16.0. The van der Waals surface area contributed by atoms with Crippen LogP contribution in [-0.2, 0) is 0 Å². The summed E-state index contributed by atoms with van der Waals surface area (Å²) in [7, 11) is 0. The second kappa shape index (κ2) is 18.0. The maximum atomic E-state index is 10.6. The second-order valence-electron chi connectivity index (χ2n) is 11.5. The van der Waals surface area contributed by atoms with E-state index in [-0.39, 0.29) is 16.7 Å². The molecule has 0 saturated heterocycles. The molecule has 3 aliphatic carbocycles. The minimum atomic E-state index is -1.37. The molecule has 9 heteroatoms. The summed E-state index contributed by atoms with van der Waals surface area (Å²) in [6, 6.07) is 4.21. The lowest BCUT2D eigenvalue weighted by Gasteiger charge is -2.24. The molecule has 0 bridgehead atoms. The zero-order valence-corrected chi connectivity index (χ0v) is 24.0. The molecule has 0 amide bonds. The Labute approximate surface area is 233 Å². The number of nitrogens with two attached hydrogens (primary N) is 3. The standard InChI is InChI=1S/C9H6O6.3C7H15N/c10-7(11)4-1-5(8(12)13)3-6(2-4)9(14)15;3*1-6-4-2-3-5-7(6)8/h1-3H,(H,10,11)(H,12,13)(H,14,15);3*6-7H,2-5,8H2,1H3. The third-order valence-electron chi connectivity index (χ3n) is 8.21. The van der Waals surface area contributed by atoms with E-state index in [1.54, 1.807) is 0 Å². The lowest BCUT2D eigenvalue weighted by atomic mass is 9.87. The Morgan fingerprint density at radius 2 is 0.718 bits per heavy atom. The van der Waals surface area contributed by atoms with Crippen LogP contribution in [0.2, 0.25) is 0 Å². The Bertz CT molecular complexity index is 752. The zero-order chi connectivity index (χ0) is 29.5. The summed E-state index contributed by atoms with van der Waals surface area (Å²) in [5.41, 5.74) is 16.2. The molecule has 39 heavy (non-hydrogen) atoms. The Morgan fingerprint density at radius 3 is 0.846 bits per heavy atom. The average molecular weight is 550 g/mol. The summed E-state index contributed by atoms with van der Waals surface area (Å²) >= 11 is 0. The molecule has 0 aromatic heterocycles. The SMILES string of the molecule is CC1CCCCC1N.CC1CCCCC1N.CC1CCCCC1N.O=C(O)c1cc(C(=O)O)cc(C(=O)O)c1. The summed E-state index contributed by atoms with van der Waals surface area (Å²) in [4.78, 5) is 31.7. The van der Waals surface area contributed by atoms with E-state index in [4.69, 9.17) is 32.5 Å². The number of carboxylic acid groups (broad SMARTS) is 3. The van der Waals surface area contributed by atoms with Crippen molar-refractivity contribution in [2.75, 3.05) is 0 Å². The quantitative estimate of drug-likeness (QED) is 0.288. The molecule has 3 saturated carbocycles. The molecule has 1 aromatic rings. The number of carboxylic acids is 3. The van der Waals surface area contributed by atoms with E-state index in [0.29, 0.717) is 18.1 Å². The van der Waals surface area contributed by atoms with E-state index in [1.807, 2.05) is 0 Å². The second-order valence-corrected chi connectivity index (χ2v) is 11.5. The van der Waals surface area contributed by atoms with Crippen LogP contribution in [0.25, 0.3) is 0 Å². The first-order chi connectivity index (χ1) is 18.3. The van der Waals surface area contributed by atoms with Gasteiger partial charge in [-0.05, 0) is 74.5 Å². The van der Waals surface area contributed by atoms with Gasteiger partial charge in [0.05, 0.1) is 16.7 Å². The first-order valence-electron chi connectivity index (χ1n) is 14.4. The Hall–Kier alpha value is -2.49. The summed E-state index contributed by atoms with van der Waals surface area (Å²) in [5.74, 6) is -1.78. The van der Waals surface area contributed by atoms with Gasteiger partial charge in [0.25, 0.3) is 0 Å². The topological polar surface area (TPSA) is 190 Å². The van der Waals surface area contributed by atoms with Gasteiger partial charge in [-0.3, -0.25) is 0 Å². The van der Waals surface area contributed by atoms with Gasteiger partial charge in [-0.25, -0.2) is 14.4 Å². The Morgan fingerprint density at radius 1 is 0.513 bits per heavy atom. The minimum absolute atomic E-state index is 0.368. The van der Waals surface area contributed by atoms with Crippen molar-refractivity contribution < 1.29 is 29.7 Å². The molecule has 6 atom stereocenters. The number of aromatic carboxylic acids is 3. The number of hydrogen-bond donors (Lipinski definition) is 6. The molecule has 9 N–H and O–H groups in total. The monoisotopic (exact) mass is 549 g/mol. The molecule has 3 fully saturated rings. The highest BCUT2D eigenvalue weighted by molar-refractivity contribution is 5.98. The van der Waals surface area contributed by atoms with Crippen LogP contribution in [0.1, 0.15) is 129 Å². The minimum Gasteiger partial charge on any atom is -0.478 e. The number of carbonyl (C=O) groups is 3. The van der Waals surface area contributed by atoms with Crippen molar-refractivity contribution in [2.24, 2.45) is 35.0 Å². The highest BCUT2D eigenvalue weighted by Crippen LogP contribution is 2.23. The van der Waals surface area contributed by atoms with Crippen molar-refractivity contribution in [2.45, 2.75) is 116 Å². The fraction of sp³-hybridized carbons (Fsp3) is 0.700. The van der Waals surface area contributed by atoms with Crippen molar-refractivity contribution in [1.29, 1.82) is 0 Å². The van der Waals surface area contributed by atoms with E-state index < -0.39 is 17.9 Å². The van der Waals surface area contributed by atoms with E-state index in [0.717, 1.165) is 36.0 Å². The van der Waals surface area contributed by atoms with Crippen LogP contribution >= 0.6 is 0 Å². The molecule has 9 nitrogen and oxygen atoms in total. The third kappa shape index (κ3) is 13.4. The Balaban J connectivity index is 0.000000273. The Kier molecular flexibility index (Phi) is 15.9. The smallest absolute Gasteiger partial charge is 0.335 e. The van der Waals surface area contributed by atoms with Crippen molar-refractivity contribution in [3.8, 4) is 0 Å². The first-order valence-corrected chi connectivity index (χ1v) is 14.4. The summed E-state index contributed by atoms with van der Waals surface area (Å²) < 4.78 is 0. The third-order valence-corrected chi connectivity index (χ3v) is 8.21. The van der Waals surface area contributed by atoms with Crippen LogP contribution in [0.3, 0.4) is 0 Å². The fourth-order valence-corrected chi connectivity index (χ4v) is 5.03. The van der Waals surface area contributed by atoms with E-state index in [1.165, 1.54) is 77.0 Å². The van der Waals surface area contributed by atoms with Crippen molar-refractivity contribution in [3.05, 3.63) is 34.9 Å². The van der Waals surface area contributed by atoms with Gasteiger partial charge in [-0.2, -0.15) is 0 Å². The number of rotatable bonds is 3. The maximum Gasteiger partial charge on any atom is 0.335 e. The lowest BCUT2D eigenvalue weighted by molar-refractivity contribution is 0.0696. The van der Waals surface area contributed by atoms with Crippen molar-refractivity contribution >= 4 is 17.9 Å². The fourth-order valence-electron chi connectivity index (χ4n) is 5.03. The number of hydrogen-bond acceptors (Lipinski definition) is 6. The van der Waals surface area contributed by atoms with Crippen molar-refractivity contribution in [1.82, 2.24) is 0 Å². The molecular weight excluding hydrogens is 498 g/mol.